The van der Waals surface area contributed by atoms with E-state index in [9.17, 15) is 22.8 Å². The maximum atomic E-state index is 13.7. The molecule has 216 valence electrons. The molecule has 1 aliphatic heterocycles. The second-order valence-corrected chi connectivity index (χ2v) is 10.7. The quantitative estimate of drug-likeness (QED) is 0.313. The van der Waals surface area contributed by atoms with Gasteiger partial charge < -0.3 is 19.9 Å². The van der Waals surface area contributed by atoms with E-state index in [-0.39, 0.29) is 12.6 Å². The molecule has 3 aromatic carbocycles. The van der Waals surface area contributed by atoms with E-state index >= 15 is 0 Å². The van der Waals surface area contributed by atoms with Crippen molar-refractivity contribution in [3.8, 4) is 16.9 Å². The van der Waals surface area contributed by atoms with Gasteiger partial charge in [-0.1, -0.05) is 66.7 Å². The van der Waals surface area contributed by atoms with Crippen molar-refractivity contribution in [1.29, 1.82) is 0 Å². The fourth-order valence-corrected chi connectivity index (χ4v) is 5.82. The van der Waals surface area contributed by atoms with Crippen LogP contribution in [-0.2, 0) is 4.79 Å². The number of halogens is 3. The second kappa shape index (κ2) is 12.8. The summed E-state index contributed by atoms with van der Waals surface area (Å²) in [6.07, 6.45) is -2.28. The van der Waals surface area contributed by atoms with Crippen molar-refractivity contribution in [1.82, 2.24) is 15.1 Å². The zero-order chi connectivity index (χ0) is 28.8. The van der Waals surface area contributed by atoms with Crippen LogP contribution in [0, 0.1) is 0 Å². The van der Waals surface area contributed by atoms with E-state index in [4.69, 9.17) is 4.74 Å². The Kier molecular flexibility index (Phi) is 8.93. The van der Waals surface area contributed by atoms with Gasteiger partial charge in [-0.15, -0.1) is 0 Å². The highest BCUT2D eigenvalue weighted by atomic mass is 19.4. The van der Waals surface area contributed by atoms with Gasteiger partial charge in [-0.2, -0.15) is 13.2 Å². The number of benzene rings is 3. The van der Waals surface area contributed by atoms with Crippen LogP contribution in [0.5, 0.6) is 5.75 Å². The number of piperidine rings is 1. The van der Waals surface area contributed by atoms with E-state index in [0.717, 1.165) is 59.6 Å². The Morgan fingerprint density at radius 2 is 1.44 bits per heavy atom. The van der Waals surface area contributed by atoms with E-state index < -0.39 is 30.6 Å². The van der Waals surface area contributed by atoms with Crippen LogP contribution in [0.3, 0.4) is 0 Å². The van der Waals surface area contributed by atoms with Gasteiger partial charge in [0.15, 0.2) is 0 Å². The molecule has 2 aliphatic rings. The van der Waals surface area contributed by atoms with Gasteiger partial charge in [0.1, 0.15) is 12.3 Å². The lowest BCUT2D eigenvalue weighted by Gasteiger charge is -2.32. The fourth-order valence-electron chi connectivity index (χ4n) is 5.82. The molecular formula is C32H34F3N3O3. The highest BCUT2D eigenvalue weighted by molar-refractivity contribution is 5.96. The molecule has 0 aromatic heterocycles. The average Bonchev–Trinajstić information content (AvgIpc) is 3.29. The van der Waals surface area contributed by atoms with Crippen LogP contribution >= 0.6 is 0 Å². The Balaban J connectivity index is 1.12. The number of ether oxygens (including phenoxy) is 1. The highest BCUT2D eigenvalue weighted by Crippen LogP contribution is 2.45. The molecule has 0 radical (unpaired) electrons. The standard InChI is InChI=1S/C32H34F3N3O3/c33-32(34,35)22-38(30(39)29-27-14-6-4-12-25(27)26-13-5-7-15-28(26)29)19-9-8-18-37-20-16-23(17-21-37)36-31(40)41-24-10-2-1-3-11-24/h1-7,10-15,23,29H,8-9,16-22H2,(H,36,40). The van der Waals surface area contributed by atoms with Crippen molar-refractivity contribution in [3.05, 3.63) is 90.0 Å². The number of amides is 2. The number of likely N-dealkylation sites (tertiary alicyclic amines) is 1. The summed E-state index contributed by atoms with van der Waals surface area (Å²) in [5, 5.41) is 2.91. The minimum Gasteiger partial charge on any atom is -0.410 e. The van der Waals surface area contributed by atoms with Gasteiger partial charge in [-0.05, 0) is 66.6 Å². The number of nitrogens with zero attached hydrogens (tertiary/aromatic N) is 2. The molecule has 41 heavy (non-hydrogen) atoms. The molecule has 0 bridgehead atoms. The van der Waals surface area contributed by atoms with Crippen LogP contribution in [0.1, 0.15) is 42.7 Å². The van der Waals surface area contributed by atoms with Crippen LogP contribution in [0.4, 0.5) is 18.0 Å². The molecule has 1 N–H and O–H groups in total. The number of alkyl halides is 3. The molecule has 1 saturated heterocycles. The van der Waals surface area contributed by atoms with Crippen molar-refractivity contribution < 1.29 is 27.5 Å². The van der Waals surface area contributed by atoms with Gasteiger partial charge >= 0.3 is 12.3 Å². The molecule has 0 saturated carbocycles. The Bertz CT molecular complexity index is 1300. The van der Waals surface area contributed by atoms with Crippen LogP contribution < -0.4 is 10.1 Å². The van der Waals surface area contributed by atoms with Crippen molar-refractivity contribution in [2.45, 2.75) is 43.8 Å². The zero-order valence-electron chi connectivity index (χ0n) is 22.8. The minimum absolute atomic E-state index is 0.0135. The number of hydrogen-bond acceptors (Lipinski definition) is 4. The van der Waals surface area contributed by atoms with E-state index in [2.05, 4.69) is 10.2 Å². The Labute approximate surface area is 238 Å². The minimum atomic E-state index is -4.48. The van der Waals surface area contributed by atoms with Crippen LogP contribution in [0.2, 0.25) is 0 Å². The first-order valence-corrected chi connectivity index (χ1v) is 14.1. The molecular weight excluding hydrogens is 531 g/mol. The lowest BCUT2D eigenvalue weighted by molar-refractivity contribution is -0.161. The Morgan fingerprint density at radius 1 is 0.854 bits per heavy atom. The molecule has 0 unspecified atom stereocenters. The first kappa shape index (κ1) is 28.7. The highest BCUT2D eigenvalue weighted by Gasteiger charge is 2.39. The summed E-state index contributed by atoms with van der Waals surface area (Å²) in [7, 11) is 0. The van der Waals surface area contributed by atoms with Crippen molar-refractivity contribution in [2.24, 2.45) is 0 Å². The number of fused-ring (bicyclic) bond motifs is 3. The second-order valence-electron chi connectivity index (χ2n) is 10.7. The maximum Gasteiger partial charge on any atom is 0.412 e. The monoisotopic (exact) mass is 565 g/mol. The SMILES string of the molecule is O=C(NC1CCN(CCCCN(CC(F)(F)F)C(=O)C2c3ccccc3-c3ccccc32)CC1)Oc1ccccc1. The lowest BCUT2D eigenvalue weighted by atomic mass is 9.95. The van der Waals surface area contributed by atoms with Crippen LogP contribution in [-0.4, -0.2) is 66.7 Å². The number of unbranched alkanes of at least 4 members (excludes halogenated alkanes) is 1. The van der Waals surface area contributed by atoms with Crippen LogP contribution in [0.25, 0.3) is 11.1 Å². The molecule has 1 heterocycles. The topological polar surface area (TPSA) is 61.9 Å². The van der Waals surface area contributed by atoms with Gasteiger partial charge in [0, 0.05) is 25.7 Å². The molecule has 1 aliphatic carbocycles. The zero-order valence-corrected chi connectivity index (χ0v) is 22.8. The summed E-state index contributed by atoms with van der Waals surface area (Å²) in [4.78, 5) is 29.1. The predicted octanol–water partition coefficient (Wildman–Crippen LogP) is 6.22. The smallest absolute Gasteiger partial charge is 0.410 e. The largest absolute Gasteiger partial charge is 0.412 e. The molecule has 9 heteroatoms. The van der Waals surface area contributed by atoms with Gasteiger partial charge in [0.2, 0.25) is 5.91 Å². The van der Waals surface area contributed by atoms with Crippen molar-refractivity contribution in [2.75, 3.05) is 32.7 Å². The third kappa shape index (κ3) is 7.27. The van der Waals surface area contributed by atoms with Crippen molar-refractivity contribution >= 4 is 12.0 Å². The first-order chi connectivity index (χ1) is 19.8. The molecule has 6 nitrogen and oxygen atoms in total. The molecule has 5 rings (SSSR count). The van der Waals surface area contributed by atoms with Gasteiger partial charge in [0.05, 0.1) is 5.92 Å². The summed E-state index contributed by atoms with van der Waals surface area (Å²) in [5.41, 5.74) is 3.32. The van der Waals surface area contributed by atoms with Gasteiger partial charge in [-0.25, -0.2) is 4.79 Å². The van der Waals surface area contributed by atoms with Crippen molar-refractivity contribution in [3.63, 3.8) is 0 Å². The number of para-hydroxylation sites is 1. The third-order valence-corrected chi connectivity index (χ3v) is 7.78. The Morgan fingerprint density at radius 3 is 2.05 bits per heavy atom. The lowest BCUT2D eigenvalue weighted by Crippen LogP contribution is -2.45. The number of nitrogens with one attached hydrogen (secondary N) is 1. The number of carbonyl (C=O) groups is 2. The summed E-state index contributed by atoms with van der Waals surface area (Å²) < 4.78 is 46.0. The summed E-state index contributed by atoms with van der Waals surface area (Å²) in [5.74, 6) is -0.749. The molecule has 3 aromatic rings. The molecule has 1 fully saturated rings. The normalized spacial score (nSPS) is 15.7. The number of carbonyl (C=O) groups excluding carboxylic acids is 2. The predicted molar refractivity (Wildman–Crippen MR) is 151 cm³/mol. The Hall–Kier alpha value is -3.85. The van der Waals surface area contributed by atoms with E-state index in [0.29, 0.717) is 18.6 Å². The summed E-state index contributed by atoms with van der Waals surface area (Å²) >= 11 is 0. The summed E-state index contributed by atoms with van der Waals surface area (Å²) in [6, 6.07) is 23.8. The van der Waals surface area contributed by atoms with Gasteiger partial charge in [0.25, 0.3) is 0 Å². The van der Waals surface area contributed by atoms with E-state index in [1.165, 1.54) is 0 Å². The number of rotatable bonds is 9. The van der Waals surface area contributed by atoms with Gasteiger partial charge in [-0.3, -0.25) is 4.79 Å². The third-order valence-electron chi connectivity index (χ3n) is 7.78. The molecule has 0 atom stereocenters. The fraction of sp³-hybridized carbons (Fsp3) is 0.375. The summed E-state index contributed by atoms with van der Waals surface area (Å²) in [6.45, 7) is 1.06. The number of hydrogen-bond donors (Lipinski definition) is 1. The average molecular weight is 566 g/mol. The van der Waals surface area contributed by atoms with E-state index in [1.54, 1.807) is 24.3 Å². The van der Waals surface area contributed by atoms with E-state index in [1.807, 2.05) is 54.6 Å². The van der Waals surface area contributed by atoms with Crippen LogP contribution in [0.15, 0.2) is 78.9 Å². The molecule has 2 amide bonds. The maximum absolute atomic E-state index is 13.7. The molecule has 0 spiro atoms. The first-order valence-electron chi connectivity index (χ1n) is 14.1.